The van der Waals surface area contributed by atoms with Crippen molar-refractivity contribution in [2.75, 3.05) is 0 Å². The van der Waals surface area contributed by atoms with E-state index in [0.29, 0.717) is 5.41 Å². The molecule has 0 nitrogen and oxygen atoms in total. The molecule has 0 aromatic rings. The van der Waals surface area contributed by atoms with Crippen molar-refractivity contribution in [1.82, 2.24) is 0 Å². The summed E-state index contributed by atoms with van der Waals surface area (Å²) in [6, 6.07) is 0. The maximum absolute atomic E-state index is 2.41. The minimum atomic E-state index is 0.298. The Labute approximate surface area is 81.0 Å². The van der Waals surface area contributed by atoms with Crippen LogP contribution in [0.1, 0.15) is 27.2 Å². The van der Waals surface area contributed by atoms with Crippen molar-refractivity contribution in [1.29, 1.82) is 0 Å². The van der Waals surface area contributed by atoms with Gasteiger partial charge in [-0.05, 0) is 23.8 Å². The third-order valence-electron chi connectivity index (χ3n) is 3.96. The fraction of sp³-hybridized carbons (Fsp3) is 0.538. The van der Waals surface area contributed by atoms with E-state index in [4.69, 9.17) is 0 Å². The van der Waals surface area contributed by atoms with Gasteiger partial charge in [0.1, 0.15) is 0 Å². The second-order valence-corrected chi connectivity index (χ2v) is 4.66. The molecule has 0 saturated heterocycles. The quantitative estimate of drug-likeness (QED) is 0.525. The summed E-state index contributed by atoms with van der Waals surface area (Å²) < 4.78 is 0. The van der Waals surface area contributed by atoms with Crippen LogP contribution in [0.15, 0.2) is 36.0 Å². The smallest absolute Gasteiger partial charge is 0.0132 e. The molecule has 0 aliphatic heterocycles. The maximum atomic E-state index is 2.41. The molecule has 2 aliphatic carbocycles. The van der Waals surface area contributed by atoms with E-state index in [0.717, 1.165) is 11.8 Å². The summed E-state index contributed by atoms with van der Waals surface area (Å²) in [5, 5.41) is 0. The molecular formula is C13H18. The standard InChI is InChI=1S/C13H18/c1-10-7-8-12-6-4-5-9-13(12,3)11(10)2/h4-6,8-11H,7H2,1-3H3. The van der Waals surface area contributed by atoms with Gasteiger partial charge in [0, 0.05) is 5.41 Å². The van der Waals surface area contributed by atoms with Gasteiger partial charge in [0.25, 0.3) is 0 Å². The van der Waals surface area contributed by atoms with Crippen LogP contribution in [0.2, 0.25) is 0 Å². The van der Waals surface area contributed by atoms with Gasteiger partial charge in [-0.15, -0.1) is 0 Å². The fourth-order valence-electron chi connectivity index (χ4n) is 2.50. The third kappa shape index (κ3) is 1.20. The molecule has 0 fully saturated rings. The van der Waals surface area contributed by atoms with E-state index < -0.39 is 0 Å². The number of rotatable bonds is 0. The van der Waals surface area contributed by atoms with Crippen LogP contribution in [0.4, 0.5) is 0 Å². The zero-order chi connectivity index (χ0) is 9.47. The van der Waals surface area contributed by atoms with Crippen LogP contribution in [-0.2, 0) is 0 Å². The predicted octanol–water partition coefficient (Wildman–Crippen LogP) is 3.72. The largest absolute Gasteiger partial charge is 0.0802 e. The molecule has 2 aliphatic rings. The minimum Gasteiger partial charge on any atom is -0.0802 e. The molecule has 70 valence electrons. The van der Waals surface area contributed by atoms with Gasteiger partial charge in [-0.25, -0.2) is 0 Å². The highest BCUT2D eigenvalue weighted by molar-refractivity contribution is 5.40. The molecule has 0 aromatic heterocycles. The summed E-state index contributed by atoms with van der Waals surface area (Å²) in [6.45, 7) is 7.09. The van der Waals surface area contributed by atoms with Crippen LogP contribution in [-0.4, -0.2) is 0 Å². The van der Waals surface area contributed by atoms with E-state index in [1.807, 2.05) is 0 Å². The highest BCUT2D eigenvalue weighted by Crippen LogP contribution is 2.47. The molecule has 0 radical (unpaired) electrons. The summed E-state index contributed by atoms with van der Waals surface area (Å²) in [4.78, 5) is 0. The second-order valence-electron chi connectivity index (χ2n) is 4.66. The lowest BCUT2D eigenvalue weighted by molar-refractivity contribution is 0.225. The number of allylic oxidation sites excluding steroid dienone is 6. The van der Waals surface area contributed by atoms with Gasteiger partial charge in [0.2, 0.25) is 0 Å². The summed E-state index contributed by atoms with van der Waals surface area (Å²) >= 11 is 0. The second kappa shape index (κ2) is 2.87. The molecule has 0 aromatic carbocycles. The Hall–Kier alpha value is -0.780. The molecule has 0 saturated carbocycles. The van der Waals surface area contributed by atoms with Gasteiger partial charge < -0.3 is 0 Å². The minimum absolute atomic E-state index is 0.298. The molecule has 3 atom stereocenters. The van der Waals surface area contributed by atoms with Gasteiger partial charge in [-0.2, -0.15) is 0 Å². The van der Waals surface area contributed by atoms with E-state index >= 15 is 0 Å². The SMILES string of the molecule is CC1CC=C2C=CC=CC2(C)C1C. The molecule has 0 amide bonds. The summed E-state index contributed by atoms with van der Waals surface area (Å²) in [5.41, 5.74) is 1.81. The van der Waals surface area contributed by atoms with E-state index in [1.165, 1.54) is 12.0 Å². The van der Waals surface area contributed by atoms with Crippen LogP contribution in [0.3, 0.4) is 0 Å². The Bertz CT molecular complexity index is 293. The molecular weight excluding hydrogens is 156 g/mol. The van der Waals surface area contributed by atoms with Crippen molar-refractivity contribution in [3.8, 4) is 0 Å². The monoisotopic (exact) mass is 174 g/mol. The molecule has 0 bridgehead atoms. The first-order valence-corrected chi connectivity index (χ1v) is 5.21. The predicted molar refractivity (Wildman–Crippen MR) is 57.4 cm³/mol. The zero-order valence-electron chi connectivity index (χ0n) is 8.75. The highest BCUT2D eigenvalue weighted by Gasteiger charge is 2.37. The number of hydrogen-bond acceptors (Lipinski definition) is 0. The summed E-state index contributed by atoms with van der Waals surface area (Å²) in [6.07, 6.45) is 12.6. The first kappa shape index (κ1) is 8.80. The van der Waals surface area contributed by atoms with Crippen molar-refractivity contribution in [2.24, 2.45) is 17.3 Å². The van der Waals surface area contributed by atoms with Gasteiger partial charge in [0.15, 0.2) is 0 Å². The van der Waals surface area contributed by atoms with Crippen molar-refractivity contribution in [3.63, 3.8) is 0 Å². The molecule has 2 rings (SSSR count). The normalized spacial score (nSPS) is 42.8. The number of fused-ring (bicyclic) bond motifs is 1. The van der Waals surface area contributed by atoms with E-state index in [-0.39, 0.29) is 0 Å². The van der Waals surface area contributed by atoms with Crippen molar-refractivity contribution < 1.29 is 0 Å². The Morgan fingerprint density at radius 1 is 1.31 bits per heavy atom. The molecule has 3 unspecified atom stereocenters. The number of hydrogen-bond donors (Lipinski definition) is 0. The molecule has 0 heteroatoms. The lowest BCUT2D eigenvalue weighted by atomic mass is 9.62. The van der Waals surface area contributed by atoms with Crippen molar-refractivity contribution in [2.45, 2.75) is 27.2 Å². The van der Waals surface area contributed by atoms with Crippen LogP contribution >= 0.6 is 0 Å². The van der Waals surface area contributed by atoms with Crippen LogP contribution in [0, 0.1) is 17.3 Å². The summed E-state index contributed by atoms with van der Waals surface area (Å²) in [5.74, 6) is 1.57. The Morgan fingerprint density at radius 2 is 2.08 bits per heavy atom. The van der Waals surface area contributed by atoms with E-state index in [9.17, 15) is 0 Å². The molecule has 0 N–H and O–H groups in total. The Kier molecular flexibility index (Phi) is 1.94. The van der Waals surface area contributed by atoms with E-state index in [2.05, 4.69) is 51.2 Å². The van der Waals surface area contributed by atoms with Gasteiger partial charge in [-0.1, -0.05) is 51.2 Å². The van der Waals surface area contributed by atoms with Crippen LogP contribution in [0.25, 0.3) is 0 Å². The molecule has 13 heavy (non-hydrogen) atoms. The van der Waals surface area contributed by atoms with Gasteiger partial charge in [0.05, 0.1) is 0 Å². The average molecular weight is 174 g/mol. The van der Waals surface area contributed by atoms with E-state index in [1.54, 1.807) is 0 Å². The van der Waals surface area contributed by atoms with Gasteiger partial charge in [-0.3, -0.25) is 0 Å². The zero-order valence-corrected chi connectivity index (χ0v) is 8.75. The molecule has 0 heterocycles. The lowest BCUT2D eigenvalue weighted by Gasteiger charge is -2.42. The first-order chi connectivity index (χ1) is 6.14. The van der Waals surface area contributed by atoms with Crippen LogP contribution < -0.4 is 0 Å². The topological polar surface area (TPSA) is 0 Å². The lowest BCUT2D eigenvalue weighted by Crippen LogP contribution is -2.33. The highest BCUT2D eigenvalue weighted by atomic mass is 14.4. The Morgan fingerprint density at radius 3 is 2.85 bits per heavy atom. The fourth-order valence-corrected chi connectivity index (χ4v) is 2.50. The van der Waals surface area contributed by atoms with Crippen molar-refractivity contribution >= 4 is 0 Å². The Balaban J connectivity index is 2.44. The first-order valence-electron chi connectivity index (χ1n) is 5.21. The summed E-state index contributed by atoms with van der Waals surface area (Å²) in [7, 11) is 0. The molecule has 0 spiro atoms. The van der Waals surface area contributed by atoms with Crippen LogP contribution in [0.5, 0.6) is 0 Å². The average Bonchev–Trinajstić information content (AvgIpc) is 2.13. The van der Waals surface area contributed by atoms with Crippen molar-refractivity contribution in [3.05, 3.63) is 36.0 Å². The maximum Gasteiger partial charge on any atom is 0.0132 e. The third-order valence-corrected chi connectivity index (χ3v) is 3.96. The van der Waals surface area contributed by atoms with Gasteiger partial charge >= 0.3 is 0 Å².